The number of fused-ring (bicyclic) bond motifs is 1. The van der Waals surface area contributed by atoms with Crippen LogP contribution in [0.2, 0.25) is 0 Å². The third-order valence-corrected chi connectivity index (χ3v) is 4.61. The number of benzene rings is 1. The summed E-state index contributed by atoms with van der Waals surface area (Å²) in [5.74, 6) is 0.260. The van der Waals surface area contributed by atoms with E-state index in [9.17, 15) is 9.59 Å². The Morgan fingerprint density at radius 1 is 1.11 bits per heavy atom. The lowest BCUT2D eigenvalue weighted by atomic mass is 10.1. The van der Waals surface area contributed by atoms with Gasteiger partial charge in [-0.25, -0.2) is 0 Å². The molecule has 28 heavy (non-hydrogen) atoms. The molecule has 8 heteroatoms. The number of aliphatic imine (C=N–C) groups is 1. The zero-order valence-electron chi connectivity index (χ0n) is 16.4. The molecule has 0 radical (unpaired) electrons. The van der Waals surface area contributed by atoms with Crippen LogP contribution in [0.4, 0.5) is 0 Å². The van der Waals surface area contributed by atoms with Gasteiger partial charge in [-0.15, -0.1) is 24.0 Å². The number of guanidine groups is 1. The summed E-state index contributed by atoms with van der Waals surface area (Å²) in [6.07, 6.45) is 2.01. The molecule has 0 atom stereocenters. The van der Waals surface area contributed by atoms with Gasteiger partial charge >= 0.3 is 0 Å². The van der Waals surface area contributed by atoms with Crippen molar-refractivity contribution in [2.45, 2.75) is 13.5 Å². The topological polar surface area (TPSA) is 69.9 Å². The first-order chi connectivity index (χ1) is 13.0. The highest BCUT2D eigenvalue weighted by atomic mass is 127. The molecule has 0 aliphatic carbocycles. The second kappa shape index (κ2) is 9.72. The van der Waals surface area contributed by atoms with E-state index in [0.29, 0.717) is 24.2 Å². The van der Waals surface area contributed by atoms with Crippen molar-refractivity contribution in [3.63, 3.8) is 0 Å². The van der Waals surface area contributed by atoms with Crippen LogP contribution in [0.25, 0.3) is 0 Å². The summed E-state index contributed by atoms with van der Waals surface area (Å²) in [7, 11) is 3.98. The van der Waals surface area contributed by atoms with E-state index in [2.05, 4.69) is 20.9 Å². The summed E-state index contributed by atoms with van der Waals surface area (Å²) < 4.78 is 2.07. The molecular formula is C20H26IN5O2. The Balaban J connectivity index is 0.00000280. The van der Waals surface area contributed by atoms with Crippen LogP contribution in [0, 0.1) is 0 Å². The van der Waals surface area contributed by atoms with Crippen molar-refractivity contribution in [2.24, 2.45) is 12.0 Å². The van der Waals surface area contributed by atoms with Crippen LogP contribution < -0.4 is 5.32 Å². The average Bonchev–Trinajstić information content (AvgIpc) is 3.17. The molecule has 1 aromatic carbocycles. The van der Waals surface area contributed by atoms with Gasteiger partial charge in [0.15, 0.2) is 5.96 Å². The molecule has 2 heterocycles. The molecule has 0 unspecified atom stereocenters. The van der Waals surface area contributed by atoms with Gasteiger partial charge in [0.25, 0.3) is 11.8 Å². The Labute approximate surface area is 182 Å². The van der Waals surface area contributed by atoms with Gasteiger partial charge in [0.05, 0.1) is 24.2 Å². The molecule has 3 rings (SSSR count). The summed E-state index contributed by atoms with van der Waals surface area (Å²) in [5, 5.41) is 3.26. The summed E-state index contributed by atoms with van der Waals surface area (Å²) in [5.41, 5.74) is 2.11. The molecule has 1 aliphatic rings. The molecule has 0 saturated carbocycles. The Morgan fingerprint density at radius 3 is 2.29 bits per heavy atom. The minimum Gasteiger partial charge on any atom is -0.357 e. The number of halogens is 1. The maximum atomic E-state index is 12.4. The van der Waals surface area contributed by atoms with Crippen LogP contribution in [0.1, 0.15) is 33.3 Å². The third kappa shape index (κ3) is 4.54. The van der Waals surface area contributed by atoms with E-state index >= 15 is 0 Å². The van der Waals surface area contributed by atoms with Crippen LogP contribution in [-0.2, 0) is 13.6 Å². The number of imide groups is 1. The van der Waals surface area contributed by atoms with E-state index in [1.165, 1.54) is 10.6 Å². The minimum atomic E-state index is -0.243. The summed E-state index contributed by atoms with van der Waals surface area (Å²) in [6, 6.07) is 11.0. The standard InChI is InChI=1S/C20H25N5O2.HI/c1-4-21-20(24(3)14-15-8-7-12-23(15)2)22-11-13-25-18(26)16-9-5-6-10-17(16)19(25)27;/h5-10,12H,4,11,13-14H2,1-3H3,(H,21,22);1H. The van der Waals surface area contributed by atoms with Gasteiger partial charge in [-0.1, -0.05) is 12.1 Å². The highest BCUT2D eigenvalue weighted by molar-refractivity contribution is 14.0. The van der Waals surface area contributed by atoms with Crippen molar-refractivity contribution in [2.75, 3.05) is 26.7 Å². The fraction of sp³-hybridized carbons (Fsp3) is 0.350. The van der Waals surface area contributed by atoms with E-state index in [0.717, 1.165) is 12.5 Å². The largest absolute Gasteiger partial charge is 0.357 e. The van der Waals surface area contributed by atoms with Crippen LogP contribution in [0.3, 0.4) is 0 Å². The van der Waals surface area contributed by atoms with Crippen LogP contribution >= 0.6 is 24.0 Å². The summed E-state index contributed by atoms with van der Waals surface area (Å²) in [4.78, 5) is 32.7. The summed E-state index contributed by atoms with van der Waals surface area (Å²) >= 11 is 0. The molecule has 0 spiro atoms. The zero-order chi connectivity index (χ0) is 19.4. The zero-order valence-corrected chi connectivity index (χ0v) is 18.7. The lowest BCUT2D eigenvalue weighted by Gasteiger charge is -2.22. The molecular weight excluding hydrogens is 469 g/mol. The first-order valence-electron chi connectivity index (χ1n) is 9.07. The van der Waals surface area contributed by atoms with Gasteiger partial charge in [0, 0.05) is 39.1 Å². The number of rotatable bonds is 6. The molecule has 0 bridgehead atoms. The second-order valence-corrected chi connectivity index (χ2v) is 6.51. The molecule has 1 aromatic heterocycles. The van der Waals surface area contributed by atoms with Crippen LogP contribution in [0.5, 0.6) is 0 Å². The molecule has 2 amide bonds. The summed E-state index contributed by atoms with van der Waals surface area (Å²) in [6.45, 7) is 4.08. The quantitative estimate of drug-likeness (QED) is 0.289. The van der Waals surface area contributed by atoms with Gasteiger partial charge in [-0.3, -0.25) is 19.5 Å². The van der Waals surface area contributed by atoms with Gasteiger partial charge in [-0.05, 0) is 31.2 Å². The Kier molecular flexibility index (Phi) is 7.61. The molecule has 2 aromatic rings. The SMILES string of the molecule is CCNC(=NCCN1C(=O)c2ccccc2C1=O)N(C)Cc1cccn1C.I. The smallest absolute Gasteiger partial charge is 0.261 e. The van der Waals surface area contributed by atoms with E-state index in [4.69, 9.17) is 0 Å². The molecule has 1 aliphatic heterocycles. The van der Waals surface area contributed by atoms with Crippen molar-refractivity contribution < 1.29 is 9.59 Å². The van der Waals surface area contributed by atoms with Crippen molar-refractivity contribution >= 4 is 41.8 Å². The fourth-order valence-electron chi connectivity index (χ4n) is 3.15. The van der Waals surface area contributed by atoms with Crippen LogP contribution in [-0.4, -0.2) is 58.8 Å². The molecule has 7 nitrogen and oxygen atoms in total. The number of carbonyl (C=O) groups excluding carboxylic acids is 2. The maximum absolute atomic E-state index is 12.4. The number of aromatic nitrogens is 1. The maximum Gasteiger partial charge on any atom is 0.261 e. The van der Waals surface area contributed by atoms with E-state index in [-0.39, 0.29) is 42.3 Å². The minimum absolute atomic E-state index is 0. The number of nitrogens with zero attached hydrogens (tertiary/aromatic N) is 4. The number of hydrogen-bond donors (Lipinski definition) is 1. The van der Waals surface area contributed by atoms with E-state index < -0.39 is 0 Å². The fourth-order valence-corrected chi connectivity index (χ4v) is 3.15. The third-order valence-electron chi connectivity index (χ3n) is 4.61. The lowest BCUT2D eigenvalue weighted by Crippen LogP contribution is -2.39. The number of nitrogens with one attached hydrogen (secondary N) is 1. The number of carbonyl (C=O) groups is 2. The number of amides is 2. The predicted octanol–water partition coefficient (Wildman–Crippen LogP) is 2.34. The molecule has 1 N–H and O–H groups in total. The Bertz CT molecular complexity index is 842. The normalized spacial score (nSPS) is 13.4. The van der Waals surface area contributed by atoms with Crippen molar-refractivity contribution in [3.8, 4) is 0 Å². The average molecular weight is 495 g/mol. The Morgan fingerprint density at radius 2 is 1.75 bits per heavy atom. The van der Waals surface area contributed by atoms with Gasteiger partial charge in [-0.2, -0.15) is 0 Å². The highest BCUT2D eigenvalue weighted by Crippen LogP contribution is 2.21. The lowest BCUT2D eigenvalue weighted by molar-refractivity contribution is 0.0659. The van der Waals surface area contributed by atoms with E-state index in [1.54, 1.807) is 24.3 Å². The first-order valence-corrected chi connectivity index (χ1v) is 9.07. The van der Waals surface area contributed by atoms with Crippen LogP contribution in [0.15, 0.2) is 47.6 Å². The molecule has 150 valence electrons. The molecule has 0 saturated heterocycles. The predicted molar refractivity (Wildman–Crippen MR) is 120 cm³/mol. The van der Waals surface area contributed by atoms with Gasteiger partial charge in [0.1, 0.15) is 0 Å². The molecule has 0 fully saturated rings. The number of hydrogen-bond acceptors (Lipinski definition) is 3. The second-order valence-electron chi connectivity index (χ2n) is 6.51. The van der Waals surface area contributed by atoms with Gasteiger partial charge in [0.2, 0.25) is 0 Å². The Hall–Kier alpha value is -2.36. The van der Waals surface area contributed by atoms with Crippen molar-refractivity contribution in [1.29, 1.82) is 0 Å². The highest BCUT2D eigenvalue weighted by Gasteiger charge is 2.34. The monoisotopic (exact) mass is 495 g/mol. The van der Waals surface area contributed by atoms with Crippen molar-refractivity contribution in [1.82, 2.24) is 19.7 Å². The first kappa shape index (κ1) is 21.9. The number of aryl methyl sites for hydroxylation is 1. The van der Waals surface area contributed by atoms with Crippen molar-refractivity contribution in [3.05, 3.63) is 59.4 Å². The van der Waals surface area contributed by atoms with E-state index in [1.807, 2.05) is 38.2 Å². The van der Waals surface area contributed by atoms with Gasteiger partial charge < -0.3 is 14.8 Å².